The van der Waals surface area contributed by atoms with Gasteiger partial charge in [-0.15, -0.1) is 0 Å². The molecule has 2 heteroatoms. The summed E-state index contributed by atoms with van der Waals surface area (Å²) in [6, 6.07) is 17.0. The van der Waals surface area contributed by atoms with Crippen molar-refractivity contribution in [2.75, 3.05) is 0 Å². The van der Waals surface area contributed by atoms with Gasteiger partial charge in [0, 0.05) is 18.1 Å². The minimum absolute atomic E-state index is 0.196. The zero-order valence-electron chi connectivity index (χ0n) is 12.7. The molecular weight excluding hydrogens is 278 g/mol. The van der Waals surface area contributed by atoms with E-state index in [1.165, 1.54) is 16.5 Å². The Morgan fingerprint density at radius 3 is 2.33 bits per heavy atom. The van der Waals surface area contributed by atoms with Gasteiger partial charge in [0.15, 0.2) is 0 Å². The predicted octanol–water partition coefficient (Wildman–Crippen LogP) is 5.64. The lowest BCUT2D eigenvalue weighted by Gasteiger charge is -2.19. The van der Waals surface area contributed by atoms with Gasteiger partial charge >= 0.3 is 0 Å². The van der Waals surface area contributed by atoms with E-state index in [1.807, 2.05) is 12.1 Å². The van der Waals surface area contributed by atoms with Gasteiger partial charge in [-0.2, -0.15) is 0 Å². The van der Waals surface area contributed by atoms with Gasteiger partial charge < -0.3 is 4.57 Å². The van der Waals surface area contributed by atoms with Crippen molar-refractivity contribution in [3.63, 3.8) is 0 Å². The maximum atomic E-state index is 6.33. The van der Waals surface area contributed by atoms with Gasteiger partial charge in [0.05, 0.1) is 10.5 Å². The maximum absolute atomic E-state index is 6.33. The molecule has 1 aromatic heterocycles. The van der Waals surface area contributed by atoms with E-state index in [2.05, 4.69) is 67.9 Å². The van der Waals surface area contributed by atoms with Crippen LogP contribution in [0.25, 0.3) is 10.9 Å². The molecule has 0 saturated carbocycles. The molecule has 0 fully saturated rings. The molecule has 3 aromatic rings. The molecule has 0 aliphatic rings. The summed E-state index contributed by atoms with van der Waals surface area (Å²) in [5, 5.41) is 2.00. The molecule has 2 aromatic carbocycles. The number of aromatic nitrogens is 1. The van der Waals surface area contributed by atoms with Gasteiger partial charge in [-0.05, 0) is 28.7 Å². The van der Waals surface area contributed by atoms with Crippen LogP contribution in [0.3, 0.4) is 0 Å². The second-order valence-electron chi connectivity index (χ2n) is 6.57. The fourth-order valence-electron chi connectivity index (χ4n) is 2.65. The minimum Gasteiger partial charge on any atom is -0.342 e. The lowest BCUT2D eigenvalue weighted by Crippen LogP contribution is -2.11. The van der Waals surface area contributed by atoms with Crippen LogP contribution in [-0.4, -0.2) is 4.57 Å². The molecule has 3 rings (SSSR count). The number of hydrogen-bond donors (Lipinski definition) is 0. The third kappa shape index (κ3) is 2.84. The molecule has 0 unspecified atom stereocenters. The average molecular weight is 298 g/mol. The Morgan fingerprint density at radius 1 is 0.952 bits per heavy atom. The summed E-state index contributed by atoms with van der Waals surface area (Å²) >= 11 is 6.33. The van der Waals surface area contributed by atoms with E-state index in [4.69, 9.17) is 11.6 Å². The maximum Gasteiger partial charge on any atom is 0.0672 e. The summed E-state index contributed by atoms with van der Waals surface area (Å²) in [4.78, 5) is 0. The Hall–Kier alpha value is -1.73. The van der Waals surface area contributed by atoms with Crippen molar-refractivity contribution in [3.8, 4) is 0 Å². The first-order valence-corrected chi connectivity index (χ1v) is 7.66. The van der Waals surface area contributed by atoms with Crippen molar-refractivity contribution in [3.05, 3.63) is 70.9 Å². The van der Waals surface area contributed by atoms with Gasteiger partial charge in [-0.25, -0.2) is 0 Å². The van der Waals surface area contributed by atoms with Gasteiger partial charge in [-0.3, -0.25) is 0 Å². The van der Waals surface area contributed by atoms with E-state index in [-0.39, 0.29) is 5.41 Å². The number of para-hydroxylation sites is 1. The van der Waals surface area contributed by atoms with E-state index in [9.17, 15) is 0 Å². The van der Waals surface area contributed by atoms with Crippen LogP contribution >= 0.6 is 11.6 Å². The Kier molecular flexibility index (Phi) is 3.54. The summed E-state index contributed by atoms with van der Waals surface area (Å²) in [5.41, 5.74) is 3.96. The standard InChI is InChI=1S/C19H20ClN/c1-19(2,3)16-9-7-14(8-10-16)13-21-12-11-15-5-4-6-17(20)18(15)21/h4-12H,13H2,1-3H3. The number of halogens is 1. The zero-order valence-corrected chi connectivity index (χ0v) is 13.5. The predicted molar refractivity (Wildman–Crippen MR) is 91.2 cm³/mol. The van der Waals surface area contributed by atoms with E-state index in [1.54, 1.807) is 0 Å². The highest BCUT2D eigenvalue weighted by atomic mass is 35.5. The van der Waals surface area contributed by atoms with E-state index in [0.29, 0.717) is 0 Å². The average Bonchev–Trinajstić information content (AvgIpc) is 2.83. The molecule has 0 radical (unpaired) electrons. The molecule has 0 saturated heterocycles. The molecule has 0 amide bonds. The summed E-state index contributed by atoms with van der Waals surface area (Å²) in [6.07, 6.45) is 2.11. The molecule has 0 spiro atoms. The van der Waals surface area contributed by atoms with Crippen LogP contribution in [0.5, 0.6) is 0 Å². The fourth-order valence-corrected chi connectivity index (χ4v) is 2.94. The molecule has 0 N–H and O–H groups in total. The third-order valence-corrected chi connectivity index (χ3v) is 4.22. The van der Waals surface area contributed by atoms with Crippen LogP contribution in [0.15, 0.2) is 54.7 Å². The quantitative estimate of drug-likeness (QED) is 0.577. The van der Waals surface area contributed by atoms with E-state index >= 15 is 0 Å². The molecule has 1 heterocycles. The van der Waals surface area contributed by atoms with Gasteiger partial charge in [0.1, 0.15) is 0 Å². The Bertz CT molecular complexity index is 760. The summed E-state index contributed by atoms with van der Waals surface area (Å²) in [7, 11) is 0. The smallest absolute Gasteiger partial charge is 0.0672 e. The third-order valence-electron chi connectivity index (χ3n) is 3.91. The van der Waals surface area contributed by atoms with Gasteiger partial charge in [0.25, 0.3) is 0 Å². The number of rotatable bonds is 2. The Balaban J connectivity index is 1.92. The monoisotopic (exact) mass is 297 g/mol. The Morgan fingerprint density at radius 2 is 1.67 bits per heavy atom. The highest BCUT2D eigenvalue weighted by molar-refractivity contribution is 6.35. The van der Waals surface area contributed by atoms with E-state index < -0.39 is 0 Å². The molecule has 108 valence electrons. The lowest BCUT2D eigenvalue weighted by atomic mass is 9.87. The van der Waals surface area contributed by atoms with Crippen molar-refractivity contribution in [2.45, 2.75) is 32.7 Å². The van der Waals surface area contributed by atoms with Crippen LogP contribution in [0.4, 0.5) is 0 Å². The van der Waals surface area contributed by atoms with Crippen LogP contribution in [0.1, 0.15) is 31.9 Å². The van der Waals surface area contributed by atoms with Crippen molar-refractivity contribution < 1.29 is 0 Å². The summed E-state index contributed by atoms with van der Waals surface area (Å²) in [5.74, 6) is 0. The zero-order chi connectivity index (χ0) is 15.0. The lowest BCUT2D eigenvalue weighted by molar-refractivity contribution is 0.590. The first-order chi connectivity index (χ1) is 9.95. The highest BCUT2D eigenvalue weighted by Crippen LogP contribution is 2.26. The molecule has 1 nitrogen and oxygen atoms in total. The largest absolute Gasteiger partial charge is 0.342 e. The first kappa shape index (κ1) is 14.2. The van der Waals surface area contributed by atoms with Gasteiger partial charge in [0.2, 0.25) is 0 Å². The summed E-state index contributed by atoms with van der Waals surface area (Å²) < 4.78 is 2.21. The van der Waals surface area contributed by atoms with Crippen LogP contribution in [-0.2, 0) is 12.0 Å². The fraction of sp³-hybridized carbons (Fsp3) is 0.263. The molecule has 0 atom stereocenters. The number of nitrogens with zero attached hydrogens (tertiary/aromatic N) is 1. The SMILES string of the molecule is CC(C)(C)c1ccc(Cn2ccc3cccc(Cl)c32)cc1. The number of fused-ring (bicyclic) bond motifs is 1. The molecule has 21 heavy (non-hydrogen) atoms. The summed E-state index contributed by atoms with van der Waals surface area (Å²) in [6.45, 7) is 7.56. The Labute approximate surface area is 131 Å². The minimum atomic E-state index is 0.196. The van der Waals surface area contributed by atoms with Crippen molar-refractivity contribution in [2.24, 2.45) is 0 Å². The van der Waals surface area contributed by atoms with Crippen LogP contribution in [0, 0.1) is 0 Å². The van der Waals surface area contributed by atoms with Crippen molar-refractivity contribution >= 4 is 22.5 Å². The van der Waals surface area contributed by atoms with E-state index in [0.717, 1.165) is 17.1 Å². The van der Waals surface area contributed by atoms with Crippen LogP contribution < -0.4 is 0 Å². The molecular formula is C19H20ClN. The number of hydrogen-bond acceptors (Lipinski definition) is 0. The number of benzene rings is 2. The van der Waals surface area contributed by atoms with Crippen molar-refractivity contribution in [1.82, 2.24) is 4.57 Å². The van der Waals surface area contributed by atoms with Gasteiger partial charge in [-0.1, -0.05) is 68.8 Å². The first-order valence-electron chi connectivity index (χ1n) is 7.28. The highest BCUT2D eigenvalue weighted by Gasteiger charge is 2.13. The molecule has 0 aliphatic carbocycles. The molecule has 0 aliphatic heterocycles. The van der Waals surface area contributed by atoms with Crippen LogP contribution in [0.2, 0.25) is 5.02 Å². The molecule has 0 bridgehead atoms. The second kappa shape index (κ2) is 5.23. The second-order valence-corrected chi connectivity index (χ2v) is 6.98. The van der Waals surface area contributed by atoms with Crippen molar-refractivity contribution in [1.29, 1.82) is 0 Å². The normalized spacial score (nSPS) is 12.0. The topological polar surface area (TPSA) is 4.93 Å².